The molecule has 1 amide bonds. The average molecular weight is 347 g/mol. The summed E-state index contributed by atoms with van der Waals surface area (Å²) < 4.78 is 51.9. The van der Waals surface area contributed by atoms with Crippen molar-refractivity contribution in [1.29, 1.82) is 0 Å². The molecule has 2 rings (SSSR count). The summed E-state index contributed by atoms with van der Waals surface area (Å²) in [7, 11) is 0. The van der Waals surface area contributed by atoms with E-state index in [9.17, 15) is 32.3 Å². The maximum absolute atomic E-state index is 14.4. The van der Waals surface area contributed by atoms with Gasteiger partial charge in [-0.25, -0.2) is 4.39 Å². The highest BCUT2D eigenvalue weighted by Gasteiger charge is 2.41. The Hall–Kier alpha value is -2.12. The van der Waals surface area contributed by atoms with Gasteiger partial charge in [-0.05, 0) is 37.5 Å². The summed E-state index contributed by atoms with van der Waals surface area (Å²) in [6.45, 7) is 1.59. The van der Waals surface area contributed by atoms with Crippen molar-refractivity contribution in [3.63, 3.8) is 0 Å². The lowest BCUT2D eigenvalue weighted by Crippen LogP contribution is -2.49. The van der Waals surface area contributed by atoms with Gasteiger partial charge in [0.1, 0.15) is 0 Å². The first-order valence-electron chi connectivity index (χ1n) is 7.38. The zero-order valence-electron chi connectivity index (χ0n) is 12.9. The van der Waals surface area contributed by atoms with E-state index in [0.717, 1.165) is 17.0 Å². The highest BCUT2D eigenvalue weighted by Crippen LogP contribution is 2.33. The maximum Gasteiger partial charge on any atom is 0.416 e. The first kappa shape index (κ1) is 18.2. The Labute approximate surface area is 136 Å². The summed E-state index contributed by atoms with van der Waals surface area (Å²) in [6, 6.07) is 3.27. The Morgan fingerprint density at radius 3 is 2.33 bits per heavy atom. The van der Waals surface area contributed by atoms with E-state index >= 15 is 0 Å². The van der Waals surface area contributed by atoms with Crippen molar-refractivity contribution in [3.8, 4) is 0 Å². The normalized spacial score (nSPS) is 23.0. The predicted octanol–water partition coefficient (Wildman–Crippen LogP) is 3.43. The lowest BCUT2D eigenvalue weighted by atomic mass is 9.82. The molecular weight excluding hydrogens is 330 g/mol. The fourth-order valence-electron chi connectivity index (χ4n) is 2.75. The summed E-state index contributed by atoms with van der Waals surface area (Å²) in [5, 5.41) is 9.22. The van der Waals surface area contributed by atoms with Crippen LogP contribution in [0, 0.1) is 5.41 Å². The van der Waals surface area contributed by atoms with Crippen molar-refractivity contribution in [3.05, 3.63) is 35.4 Å². The number of carbonyl (C=O) groups excluding carboxylic acids is 1. The molecule has 2 atom stereocenters. The highest BCUT2D eigenvalue weighted by molar-refractivity contribution is 5.83. The first-order valence-corrected chi connectivity index (χ1v) is 7.38. The minimum Gasteiger partial charge on any atom is -0.481 e. The molecule has 24 heavy (non-hydrogen) atoms. The Morgan fingerprint density at radius 1 is 1.25 bits per heavy atom. The third-order valence-electron chi connectivity index (χ3n) is 4.27. The van der Waals surface area contributed by atoms with Crippen LogP contribution in [0.4, 0.5) is 17.6 Å². The van der Waals surface area contributed by atoms with E-state index in [0.29, 0.717) is 25.0 Å². The van der Waals surface area contributed by atoms with Crippen molar-refractivity contribution >= 4 is 11.9 Å². The predicted molar refractivity (Wildman–Crippen MR) is 76.8 cm³/mol. The Morgan fingerprint density at radius 2 is 1.83 bits per heavy atom. The third-order valence-corrected chi connectivity index (χ3v) is 4.27. The standard InChI is InChI=1S/C16H17F4NO3/c1-15(14(23)24)7-2-8-21(9-15)13(22)12(17)10-3-5-11(6-4-10)16(18,19)20/h3-6,12H,2,7-9H2,1H3,(H,23,24). The number of piperidine rings is 1. The van der Waals surface area contributed by atoms with Crippen LogP contribution in [0.5, 0.6) is 0 Å². The number of hydrogen-bond acceptors (Lipinski definition) is 2. The molecule has 132 valence electrons. The molecule has 0 radical (unpaired) electrons. The molecule has 1 aromatic rings. The lowest BCUT2D eigenvalue weighted by Gasteiger charge is -2.38. The Balaban J connectivity index is 2.13. The fourth-order valence-corrected chi connectivity index (χ4v) is 2.75. The second-order valence-corrected chi connectivity index (χ2v) is 6.21. The SMILES string of the molecule is CC1(C(=O)O)CCCN(C(=O)C(F)c2ccc(C(F)(F)F)cc2)C1. The van der Waals surface area contributed by atoms with Crippen LogP contribution in [0.15, 0.2) is 24.3 Å². The number of likely N-dealkylation sites (tertiary alicyclic amines) is 1. The molecule has 2 unspecified atom stereocenters. The number of carboxylic acids is 1. The minimum atomic E-state index is -4.54. The van der Waals surface area contributed by atoms with Crippen LogP contribution in [-0.2, 0) is 15.8 Å². The molecule has 1 saturated heterocycles. The number of aliphatic carboxylic acids is 1. The summed E-state index contributed by atoms with van der Waals surface area (Å²) in [5.74, 6) is -1.99. The van der Waals surface area contributed by atoms with Gasteiger partial charge >= 0.3 is 12.1 Å². The van der Waals surface area contributed by atoms with Gasteiger partial charge in [-0.15, -0.1) is 0 Å². The third kappa shape index (κ3) is 3.68. The van der Waals surface area contributed by atoms with E-state index in [1.165, 1.54) is 6.92 Å². The quantitative estimate of drug-likeness (QED) is 0.853. The molecule has 1 fully saturated rings. The summed E-state index contributed by atoms with van der Waals surface area (Å²) in [4.78, 5) is 24.6. The van der Waals surface area contributed by atoms with Crippen molar-refractivity contribution in [2.45, 2.75) is 32.1 Å². The van der Waals surface area contributed by atoms with Crippen LogP contribution in [-0.4, -0.2) is 35.0 Å². The average Bonchev–Trinajstić information content (AvgIpc) is 2.52. The molecule has 1 aliphatic heterocycles. The van der Waals surface area contributed by atoms with Crippen LogP contribution in [0.2, 0.25) is 0 Å². The molecule has 1 N–H and O–H groups in total. The fraction of sp³-hybridized carbons (Fsp3) is 0.500. The molecule has 1 heterocycles. The molecule has 8 heteroatoms. The van der Waals surface area contributed by atoms with Crippen molar-refractivity contribution in [2.24, 2.45) is 5.41 Å². The second kappa shape index (κ2) is 6.41. The molecule has 1 aromatic carbocycles. The van der Waals surface area contributed by atoms with Crippen LogP contribution in [0.3, 0.4) is 0 Å². The molecule has 4 nitrogen and oxygen atoms in total. The number of carbonyl (C=O) groups is 2. The van der Waals surface area contributed by atoms with Gasteiger partial charge in [0.15, 0.2) is 0 Å². The van der Waals surface area contributed by atoms with Crippen LogP contribution in [0.1, 0.15) is 37.1 Å². The smallest absolute Gasteiger partial charge is 0.416 e. The van der Waals surface area contributed by atoms with E-state index in [1.54, 1.807) is 0 Å². The number of alkyl halides is 4. The van der Waals surface area contributed by atoms with Gasteiger partial charge < -0.3 is 10.0 Å². The topological polar surface area (TPSA) is 57.6 Å². The molecule has 0 aromatic heterocycles. The van der Waals surface area contributed by atoms with Crippen molar-refractivity contribution in [2.75, 3.05) is 13.1 Å². The number of halogens is 4. The summed E-state index contributed by atoms with van der Waals surface area (Å²) in [6.07, 6.45) is -5.86. The van der Waals surface area contributed by atoms with Gasteiger partial charge in [-0.2, -0.15) is 13.2 Å². The molecule has 0 saturated carbocycles. The van der Waals surface area contributed by atoms with Crippen molar-refractivity contribution in [1.82, 2.24) is 4.90 Å². The number of benzene rings is 1. The number of rotatable bonds is 3. The van der Waals surface area contributed by atoms with E-state index in [4.69, 9.17) is 0 Å². The van der Waals surface area contributed by atoms with Crippen LogP contribution < -0.4 is 0 Å². The zero-order chi connectivity index (χ0) is 18.1. The van der Waals surface area contributed by atoms with E-state index in [1.807, 2.05) is 0 Å². The molecular formula is C16H17F4NO3. The molecule has 0 bridgehead atoms. The maximum atomic E-state index is 14.4. The van der Waals surface area contributed by atoms with E-state index < -0.39 is 35.2 Å². The highest BCUT2D eigenvalue weighted by atomic mass is 19.4. The van der Waals surface area contributed by atoms with Gasteiger partial charge in [0, 0.05) is 13.1 Å². The van der Waals surface area contributed by atoms with Gasteiger partial charge in [-0.3, -0.25) is 9.59 Å². The Bertz CT molecular complexity index is 629. The number of amides is 1. The number of hydrogen-bond donors (Lipinski definition) is 1. The number of carboxylic acid groups (broad SMARTS) is 1. The van der Waals surface area contributed by atoms with Crippen LogP contribution in [0.25, 0.3) is 0 Å². The van der Waals surface area contributed by atoms with Crippen LogP contribution >= 0.6 is 0 Å². The van der Waals surface area contributed by atoms with E-state index in [-0.39, 0.29) is 18.7 Å². The Kier molecular flexibility index (Phi) is 4.87. The van der Waals surface area contributed by atoms with Gasteiger partial charge in [0.25, 0.3) is 5.91 Å². The molecule has 0 aliphatic carbocycles. The summed E-state index contributed by atoms with van der Waals surface area (Å²) >= 11 is 0. The minimum absolute atomic E-state index is 0.123. The molecule has 1 aliphatic rings. The largest absolute Gasteiger partial charge is 0.481 e. The van der Waals surface area contributed by atoms with Gasteiger partial charge in [-0.1, -0.05) is 12.1 Å². The van der Waals surface area contributed by atoms with Gasteiger partial charge in [0.2, 0.25) is 6.17 Å². The second-order valence-electron chi connectivity index (χ2n) is 6.21. The monoisotopic (exact) mass is 347 g/mol. The summed E-state index contributed by atoms with van der Waals surface area (Å²) in [5.41, 5.74) is -2.26. The lowest BCUT2D eigenvalue weighted by molar-refractivity contribution is -0.154. The number of nitrogens with zero attached hydrogens (tertiary/aromatic N) is 1. The van der Waals surface area contributed by atoms with Gasteiger partial charge in [0.05, 0.1) is 11.0 Å². The van der Waals surface area contributed by atoms with E-state index in [2.05, 4.69) is 0 Å². The first-order chi connectivity index (χ1) is 11.0. The zero-order valence-corrected chi connectivity index (χ0v) is 12.9. The van der Waals surface area contributed by atoms with Crippen molar-refractivity contribution < 1.29 is 32.3 Å². The molecule has 0 spiro atoms.